The van der Waals surface area contributed by atoms with Gasteiger partial charge in [0.25, 0.3) is 0 Å². The van der Waals surface area contributed by atoms with Gasteiger partial charge < -0.3 is 16.2 Å². The lowest BCUT2D eigenvalue weighted by Gasteiger charge is -2.16. The first-order valence-electron chi connectivity index (χ1n) is 6.66. The highest BCUT2D eigenvalue weighted by Gasteiger charge is 2.31. The molecular formula is C13H29N3O4. The number of hydrogen-bond acceptors (Lipinski definition) is 6. The Morgan fingerprint density at radius 1 is 1.25 bits per heavy atom. The lowest BCUT2D eigenvalue weighted by atomic mass is 10.00. The summed E-state index contributed by atoms with van der Waals surface area (Å²) in [5.74, 6) is -0.412. The molecule has 0 aromatic heterocycles. The molecule has 0 saturated carbocycles. The van der Waals surface area contributed by atoms with Gasteiger partial charge in [0.05, 0.1) is 13.5 Å². The van der Waals surface area contributed by atoms with Crippen molar-refractivity contribution in [1.82, 2.24) is 0 Å². The van der Waals surface area contributed by atoms with E-state index in [0.717, 1.165) is 19.4 Å². The third-order valence-corrected chi connectivity index (χ3v) is 2.69. The number of methoxy groups -OCH3 is 1. The number of hydrogen-bond donors (Lipinski definition) is 2. The number of nitrogens with zero attached hydrogens (tertiary/aromatic N) is 1. The van der Waals surface area contributed by atoms with E-state index in [2.05, 4.69) is 4.74 Å². The molecular weight excluding hydrogens is 262 g/mol. The lowest BCUT2D eigenvalue weighted by molar-refractivity contribution is -0.561. The minimum Gasteiger partial charge on any atom is -0.469 e. The Morgan fingerprint density at radius 3 is 2.00 bits per heavy atom. The minimum absolute atomic E-state index is 0.0284. The monoisotopic (exact) mass is 291 g/mol. The summed E-state index contributed by atoms with van der Waals surface area (Å²) in [7, 11) is 1.27. The van der Waals surface area contributed by atoms with Crippen LogP contribution in [0, 0.1) is 10.1 Å². The molecule has 0 bridgehead atoms. The van der Waals surface area contributed by atoms with Crippen molar-refractivity contribution < 1.29 is 14.5 Å². The SMILES string of the molecule is CC(C)(N)CCCN.COC(=O)CCC(C)(C)[N+](=O)[O-]. The molecule has 7 heteroatoms. The first kappa shape index (κ1) is 21.1. The maximum absolute atomic E-state index is 10.6. The van der Waals surface area contributed by atoms with Gasteiger partial charge >= 0.3 is 5.97 Å². The Hall–Kier alpha value is -1.21. The number of carbonyl (C=O) groups is 1. The molecule has 0 aliphatic rings. The maximum atomic E-state index is 10.6. The van der Waals surface area contributed by atoms with E-state index in [-0.39, 0.29) is 18.4 Å². The van der Waals surface area contributed by atoms with Crippen molar-refractivity contribution in [3.63, 3.8) is 0 Å². The molecule has 0 fully saturated rings. The van der Waals surface area contributed by atoms with Crippen LogP contribution in [0.4, 0.5) is 0 Å². The van der Waals surface area contributed by atoms with Gasteiger partial charge in [-0.1, -0.05) is 0 Å². The van der Waals surface area contributed by atoms with Crippen molar-refractivity contribution in [3.05, 3.63) is 10.1 Å². The zero-order chi connectivity index (χ0) is 16.4. The summed E-state index contributed by atoms with van der Waals surface area (Å²) in [5.41, 5.74) is 9.87. The molecule has 120 valence electrons. The number of nitro groups is 1. The molecule has 0 aliphatic carbocycles. The van der Waals surface area contributed by atoms with Gasteiger partial charge in [0, 0.05) is 30.7 Å². The zero-order valence-corrected chi connectivity index (χ0v) is 13.3. The highest BCUT2D eigenvalue weighted by Crippen LogP contribution is 2.15. The van der Waals surface area contributed by atoms with Gasteiger partial charge in [0.1, 0.15) is 0 Å². The molecule has 0 aromatic carbocycles. The number of nitrogens with two attached hydrogens (primary N) is 2. The average Bonchev–Trinajstić information content (AvgIpc) is 2.33. The van der Waals surface area contributed by atoms with E-state index >= 15 is 0 Å². The van der Waals surface area contributed by atoms with Crippen LogP contribution in [0.25, 0.3) is 0 Å². The largest absolute Gasteiger partial charge is 0.469 e. The topological polar surface area (TPSA) is 121 Å². The van der Waals surface area contributed by atoms with Gasteiger partial charge in [0.15, 0.2) is 0 Å². The van der Waals surface area contributed by atoms with Crippen molar-refractivity contribution >= 4 is 5.97 Å². The molecule has 20 heavy (non-hydrogen) atoms. The highest BCUT2D eigenvalue weighted by atomic mass is 16.6. The molecule has 7 nitrogen and oxygen atoms in total. The molecule has 0 heterocycles. The van der Waals surface area contributed by atoms with Crippen molar-refractivity contribution in [2.45, 2.75) is 64.5 Å². The lowest BCUT2D eigenvalue weighted by Crippen LogP contribution is -2.32. The van der Waals surface area contributed by atoms with E-state index < -0.39 is 16.4 Å². The highest BCUT2D eigenvalue weighted by molar-refractivity contribution is 5.69. The van der Waals surface area contributed by atoms with Gasteiger partial charge in [-0.05, 0) is 33.2 Å². The molecule has 0 spiro atoms. The van der Waals surface area contributed by atoms with Gasteiger partial charge in [0.2, 0.25) is 5.54 Å². The molecule has 4 N–H and O–H groups in total. The fourth-order valence-electron chi connectivity index (χ4n) is 1.16. The van der Waals surface area contributed by atoms with Crippen molar-refractivity contribution in [2.75, 3.05) is 13.7 Å². The predicted octanol–water partition coefficient (Wildman–Crippen LogP) is 1.46. The van der Waals surface area contributed by atoms with Crippen LogP contribution >= 0.6 is 0 Å². The fraction of sp³-hybridized carbons (Fsp3) is 0.923. The zero-order valence-electron chi connectivity index (χ0n) is 13.3. The molecule has 0 unspecified atom stereocenters. The van der Waals surface area contributed by atoms with E-state index in [0.29, 0.717) is 0 Å². The van der Waals surface area contributed by atoms with Crippen LogP contribution in [-0.4, -0.2) is 35.6 Å². The van der Waals surface area contributed by atoms with Gasteiger partial charge in [-0.2, -0.15) is 0 Å². The summed E-state index contributed by atoms with van der Waals surface area (Å²) in [6, 6.07) is 0. The van der Waals surface area contributed by atoms with Crippen molar-refractivity contribution in [1.29, 1.82) is 0 Å². The summed E-state index contributed by atoms with van der Waals surface area (Å²) in [4.78, 5) is 20.6. The normalized spacial score (nSPS) is 11.3. The van der Waals surface area contributed by atoms with Crippen LogP contribution in [0.15, 0.2) is 0 Å². The molecule has 0 saturated heterocycles. The second-order valence-electron chi connectivity index (χ2n) is 6.03. The van der Waals surface area contributed by atoms with Gasteiger partial charge in [-0.15, -0.1) is 0 Å². The molecule has 0 amide bonds. The summed E-state index contributed by atoms with van der Waals surface area (Å²) < 4.78 is 4.36. The standard InChI is InChI=1S/C7H13NO4.C6H16N2/c1-7(2,8(10)11)5-4-6(9)12-3;1-6(2,8)4-3-5-7/h4-5H2,1-3H3;3-5,7-8H2,1-2H3. The second-order valence-corrected chi connectivity index (χ2v) is 6.03. The van der Waals surface area contributed by atoms with Crippen LogP contribution in [0.5, 0.6) is 0 Å². The van der Waals surface area contributed by atoms with Crippen molar-refractivity contribution in [2.24, 2.45) is 11.5 Å². The number of esters is 1. The summed E-state index contributed by atoms with van der Waals surface area (Å²) in [5, 5.41) is 10.4. The number of ether oxygens (including phenoxy) is 1. The molecule has 0 radical (unpaired) electrons. The minimum atomic E-state index is -1.05. The summed E-state index contributed by atoms with van der Waals surface area (Å²) in [6.07, 6.45) is 2.34. The van der Waals surface area contributed by atoms with Gasteiger partial charge in [-0.25, -0.2) is 0 Å². The Balaban J connectivity index is 0. The smallest absolute Gasteiger partial charge is 0.305 e. The molecule has 0 aliphatic heterocycles. The average molecular weight is 291 g/mol. The Labute approximate surface area is 121 Å². The van der Waals surface area contributed by atoms with E-state index in [1.807, 2.05) is 13.8 Å². The van der Waals surface area contributed by atoms with Crippen LogP contribution in [0.1, 0.15) is 53.4 Å². The first-order valence-corrected chi connectivity index (χ1v) is 6.66. The quantitative estimate of drug-likeness (QED) is 0.416. The predicted molar refractivity (Wildman–Crippen MR) is 78.9 cm³/mol. The first-order chi connectivity index (χ1) is 8.96. The van der Waals surface area contributed by atoms with E-state index in [1.165, 1.54) is 21.0 Å². The maximum Gasteiger partial charge on any atom is 0.305 e. The van der Waals surface area contributed by atoms with Crippen LogP contribution in [0.3, 0.4) is 0 Å². The Bertz CT molecular complexity index is 298. The van der Waals surface area contributed by atoms with Crippen molar-refractivity contribution in [3.8, 4) is 0 Å². The summed E-state index contributed by atoms with van der Waals surface area (Å²) in [6.45, 7) is 7.75. The van der Waals surface area contributed by atoms with Crippen LogP contribution in [0.2, 0.25) is 0 Å². The third kappa shape index (κ3) is 13.2. The Morgan fingerprint density at radius 2 is 1.75 bits per heavy atom. The third-order valence-electron chi connectivity index (χ3n) is 2.69. The van der Waals surface area contributed by atoms with Crippen LogP contribution in [-0.2, 0) is 9.53 Å². The van der Waals surface area contributed by atoms with E-state index in [1.54, 1.807) is 0 Å². The molecule has 0 atom stereocenters. The second kappa shape index (κ2) is 9.66. The summed E-state index contributed by atoms with van der Waals surface area (Å²) >= 11 is 0. The fourth-order valence-corrected chi connectivity index (χ4v) is 1.16. The van der Waals surface area contributed by atoms with E-state index in [4.69, 9.17) is 11.5 Å². The van der Waals surface area contributed by atoms with Gasteiger partial charge in [-0.3, -0.25) is 14.9 Å². The number of rotatable bonds is 7. The number of carbonyl (C=O) groups excluding carboxylic acids is 1. The molecule has 0 aromatic rings. The Kier molecular flexibility index (Phi) is 10.2. The van der Waals surface area contributed by atoms with Crippen LogP contribution < -0.4 is 11.5 Å². The molecule has 0 rings (SSSR count). The van der Waals surface area contributed by atoms with E-state index in [9.17, 15) is 14.9 Å².